The van der Waals surface area contributed by atoms with E-state index in [4.69, 9.17) is 4.74 Å². The summed E-state index contributed by atoms with van der Waals surface area (Å²) in [6.45, 7) is 6.58. The Bertz CT molecular complexity index is 710. The van der Waals surface area contributed by atoms with E-state index in [-0.39, 0.29) is 11.1 Å². The molecule has 2 N–H and O–H groups in total. The fourth-order valence-electron chi connectivity index (χ4n) is 5.78. The molecule has 5 heteroatoms. The van der Waals surface area contributed by atoms with Gasteiger partial charge >= 0.3 is 0 Å². The average molecular weight is 384 g/mol. The van der Waals surface area contributed by atoms with E-state index in [0.717, 1.165) is 52.0 Å². The highest BCUT2D eigenvalue weighted by atomic mass is 16.5. The Labute approximate surface area is 168 Å². The number of hydrogen-bond donors (Lipinski definition) is 2. The Hall–Kier alpha value is -1.27. The van der Waals surface area contributed by atoms with Gasteiger partial charge in [0.2, 0.25) is 0 Å². The molecule has 4 aliphatic rings. The molecule has 28 heavy (non-hydrogen) atoms. The van der Waals surface area contributed by atoms with Crippen LogP contribution in [0.2, 0.25) is 0 Å². The zero-order chi connectivity index (χ0) is 19.2. The number of rotatable bonds is 6. The Morgan fingerprint density at radius 2 is 2.00 bits per heavy atom. The summed E-state index contributed by atoms with van der Waals surface area (Å²) in [5.74, 6) is 0.984. The molecule has 3 aliphatic heterocycles. The van der Waals surface area contributed by atoms with Crippen LogP contribution < -0.4 is 10.6 Å². The number of carbonyl (C=O) groups is 1. The van der Waals surface area contributed by atoms with Crippen LogP contribution in [0.3, 0.4) is 0 Å². The van der Waals surface area contributed by atoms with Crippen molar-refractivity contribution in [1.82, 2.24) is 15.5 Å². The first kappa shape index (κ1) is 18.7. The molecule has 3 saturated heterocycles. The first-order valence-corrected chi connectivity index (χ1v) is 11.0. The van der Waals surface area contributed by atoms with Gasteiger partial charge < -0.3 is 15.4 Å². The lowest BCUT2D eigenvalue weighted by molar-refractivity contribution is -0.123. The molecule has 0 aromatic heterocycles. The molecule has 0 amide bonds. The number of piperidine rings is 1. The number of ether oxygens (including phenoxy) is 1. The van der Waals surface area contributed by atoms with Crippen molar-refractivity contribution < 1.29 is 9.53 Å². The van der Waals surface area contributed by atoms with Crippen LogP contribution in [0.15, 0.2) is 30.3 Å². The highest BCUT2D eigenvalue weighted by Gasteiger charge is 2.50. The van der Waals surface area contributed by atoms with E-state index in [2.05, 4.69) is 45.9 Å². The number of ketones is 1. The topological polar surface area (TPSA) is 53.6 Å². The molecule has 1 aliphatic carbocycles. The number of likely N-dealkylation sites (tertiary alicyclic amines) is 1. The Kier molecular flexibility index (Phi) is 4.82. The van der Waals surface area contributed by atoms with E-state index in [1.54, 1.807) is 6.92 Å². The molecule has 4 fully saturated rings. The van der Waals surface area contributed by atoms with Gasteiger partial charge in [-0.3, -0.25) is 9.69 Å². The average Bonchev–Trinajstić information content (AvgIpc) is 3.33. The fraction of sp³-hybridized carbons (Fsp3) is 0.696. The maximum absolute atomic E-state index is 11.7. The molecule has 3 atom stereocenters. The maximum atomic E-state index is 11.7. The smallest absolute Gasteiger partial charge is 0.131 e. The monoisotopic (exact) mass is 383 g/mol. The first-order chi connectivity index (χ1) is 13.6. The van der Waals surface area contributed by atoms with Crippen LogP contribution in [0, 0.1) is 0 Å². The quantitative estimate of drug-likeness (QED) is 0.788. The zero-order valence-corrected chi connectivity index (χ0v) is 17.0. The molecule has 1 spiro atoms. The van der Waals surface area contributed by atoms with Crippen LogP contribution in [-0.4, -0.2) is 66.7 Å². The Morgan fingerprint density at radius 1 is 1.25 bits per heavy atom. The molecule has 0 bridgehead atoms. The minimum absolute atomic E-state index is 0.0554. The number of nitrogens with one attached hydrogen (secondary N) is 2. The van der Waals surface area contributed by atoms with Gasteiger partial charge in [-0.25, -0.2) is 0 Å². The summed E-state index contributed by atoms with van der Waals surface area (Å²) in [4.78, 5) is 14.3. The van der Waals surface area contributed by atoms with Gasteiger partial charge in [-0.15, -0.1) is 0 Å². The van der Waals surface area contributed by atoms with Gasteiger partial charge in [-0.05, 0) is 38.2 Å². The highest BCUT2D eigenvalue weighted by Crippen LogP contribution is 2.43. The van der Waals surface area contributed by atoms with Gasteiger partial charge in [0.1, 0.15) is 5.78 Å². The van der Waals surface area contributed by atoms with Gasteiger partial charge in [0.25, 0.3) is 0 Å². The van der Waals surface area contributed by atoms with Crippen LogP contribution in [0.4, 0.5) is 0 Å². The third-order valence-electron chi connectivity index (χ3n) is 7.51. The van der Waals surface area contributed by atoms with E-state index >= 15 is 0 Å². The summed E-state index contributed by atoms with van der Waals surface area (Å²) >= 11 is 0. The van der Waals surface area contributed by atoms with Crippen LogP contribution in [0.1, 0.15) is 50.5 Å². The van der Waals surface area contributed by atoms with Crippen LogP contribution in [-0.2, 0) is 9.53 Å². The number of carbonyl (C=O) groups excluding carboxylic acids is 1. The lowest BCUT2D eigenvalue weighted by Gasteiger charge is -2.54. The van der Waals surface area contributed by atoms with Crippen molar-refractivity contribution in [3.63, 3.8) is 0 Å². The third-order valence-corrected chi connectivity index (χ3v) is 7.51. The largest absolute Gasteiger partial charge is 0.373 e. The van der Waals surface area contributed by atoms with Crippen molar-refractivity contribution in [1.29, 1.82) is 0 Å². The van der Waals surface area contributed by atoms with Gasteiger partial charge in [-0.1, -0.05) is 30.3 Å². The van der Waals surface area contributed by atoms with E-state index in [0.29, 0.717) is 30.2 Å². The van der Waals surface area contributed by atoms with Crippen molar-refractivity contribution in [2.75, 3.05) is 32.8 Å². The molecular formula is C23H33N3O2. The molecule has 1 aromatic carbocycles. The van der Waals surface area contributed by atoms with Crippen LogP contribution >= 0.6 is 0 Å². The second kappa shape index (κ2) is 7.21. The third kappa shape index (κ3) is 3.54. The summed E-state index contributed by atoms with van der Waals surface area (Å²) in [5.41, 5.74) is 1.59. The SMILES string of the molecule is CC(=O)CC1(N2CCC3(CC2)CC(N[C@@H]2C[C@H]2c2ccccc2)CO3)CNC1. The summed E-state index contributed by atoms with van der Waals surface area (Å²) in [7, 11) is 0. The normalized spacial score (nSPS) is 33.5. The van der Waals surface area contributed by atoms with E-state index in [1.165, 1.54) is 12.0 Å². The summed E-state index contributed by atoms with van der Waals surface area (Å²) in [5, 5.41) is 7.25. The highest BCUT2D eigenvalue weighted by molar-refractivity contribution is 5.77. The maximum Gasteiger partial charge on any atom is 0.131 e. The van der Waals surface area contributed by atoms with Crippen molar-refractivity contribution in [3.8, 4) is 0 Å². The summed E-state index contributed by atoms with van der Waals surface area (Å²) in [6, 6.07) is 12.0. The fourth-order valence-corrected chi connectivity index (χ4v) is 5.78. The second-order valence-corrected chi connectivity index (χ2v) is 9.61. The number of hydrogen-bond acceptors (Lipinski definition) is 5. The molecular weight excluding hydrogens is 350 g/mol. The van der Waals surface area contributed by atoms with Gasteiger partial charge in [0, 0.05) is 50.6 Å². The Morgan fingerprint density at radius 3 is 2.64 bits per heavy atom. The minimum atomic E-state index is 0.0554. The second-order valence-electron chi connectivity index (χ2n) is 9.61. The van der Waals surface area contributed by atoms with Crippen molar-refractivity contribution in [2.24, 2.45) is 0 Å². The van der Waals surface area contributed by atoms with Crippen molar-refractivity contribution in [3.05, 3.63) is 35.9 Å². The standard InChI is InChI=1S/C23H33N3O2/c1-17(27)12-22(15-24-16-22)26-9-7-23(8-10-26)13-19(14-28-23)25-21-11-20(21)18-5-3-2-4-6-18/h2-6,19-21,24-25H,7-16H2,1H3/t19?,20-,21+/m0/s1. The minimum Gasteiger partial charge on any atom is -0.373 e. The van der Waals surface area contributed by atoms with Crippen molar-refractivity contribution in [2.45, 2.75) is 68.2 Å². The molecule has 1 aromatic rings. The predicted octanol–water partition coefficient (Wildman–Crippen LogP) is 2.08. The number of Topliss-reactive ketones (excluding diaryl/α,β-unsaturated/α-hetero) is 1. The molecule has 5 nitrogen and oxygen atoms in total. The van der Waals surface area contributed by atoms with E-state index in [9.17, 15) is 4.79 Å². The van der Waals surface area contributed by atoms with Crippen molar-refractivity contribution >= 4 is 5.78 Å². The van der Waals surface area contributed by atoms with Gasteiger partial charge in [0.15, 0.2) is 0 Å². The van der Waals surface area contributed by atoms with E-state index in [1.807, 2.05) is 0 Å². The summed E-state index contributed by atoms with van der Waals surface area (Å²) < 4.78 is 6.39. The molecule has 3 heterocycles. The van der Waals surface area contributed by atoms with E-state index < -0.39 is 0 Å². The predicted molar refractivity (Wildman–Crippen MR) is 110 cm³/mol. The molecule has 1 saturated carbocycles. The van der Waals surface area contributed by atoms with Crippen LogP contribution in [0.5, 0.6) is 0 Å². The Balaban J connectivity index is 1.13. The molecule has 0 radical (unpaired) electrons. The molecule has 5 rings (SSSR count). The number of benzene rings is 1. The lowest BCUT2D eigenvalue weighted by atomic mass is 9.80. The van der Waals surface area contributed by atoms with Gasteiger partial charge in [0.05, 0.1) is 17.7 Å². The number of nitrogens with zero attached hydrogens (tertiary/aromatic N) is 1. The van der Waals surface area contributed by atoms with Gasteiger partial charge in [-0.2, -0.15) is 0 Å². The van der Waals surface area contributed by atoms with Crippen LogP contribution in [0.25, 0.3) is 0 Å². The summed E-state index contributed by atoms with van der Waals surface area (Å²) in [6.07, 6.45) is 5.26. The molecule has 152 valence electrons. The molecule has 1 unspecified atom stereocenters. The lowest BCUT2D eigenvalue weighted by Crippen LogP contribution is -2.71. The zero-order valence-electron chi connectivity index (χ0n) is 17.0. The first-order valence-electron chi connectivity index (χ1n) is 11.0.